The third-order valence-electron chi connectivity index (χ3n) is 14.2. The Morgan fingerprint density at radius 1 is 0.257 bits per heavy atom. The van der Waals surface area contributed by atoms with E-state index in [2.05, 4.69) is 229 Å². The first-order chi connectivity index (χ1) is 31.5. The average Bonchev–Trinajstić information content (AvgIpc) is 3.19. The van der Waals surface area contributed by atoms with Gasteiger partial charge in [0, 0.05) is 44.5 Å². The molecule has 2 atom stereocenters. The predicted octanol–water partition coefficient (Wildman–Crippen LogP) is 16.4. The molecule has 0 aromatic heterocycles. The van der Waals surface area contributed by atoms with E-state index >= 15 is 0 Å². The smallest absolute Gasteiger partial charge is 0.126 e. The molecule has 390 valence electrons. The minimum absolute atomic E-state index is 0.164. The van der Waals surface area contributed by atoms with Crippen LogP contribution in [0, 0.1) is 0 Å². The van der Waals surface area contributed by atoms with E-state index in [0.29, 0.717) is 0 Å². The molecule has 4 nitrogen and oxygen atoms in total. The normalized spacial score (nSPS) is 14.6. The number of ether oxygens (including phenoxy) is 4. The minimum Gasteiger partial charge on any atom is -0.496 e. The number of rotatable bonds is 11. The summed E-state index contributed by atoms with van der Waals surface area (Å²) in [5.74, 6) is 4.03. The third-order valence-corrected chi connectivity index (χ3v) is 20.2. The summed E-state index contributed by atoms with van der Waals surface area (Å²) in [5, 5.41) is 5.58. The lowest BCUT2D eigenvalue weighted by Crippen LogP contribution is -2.35. The number of benzene rings is 4. The zero-order chi connectivity index (χ0) is 54.0. The van der Waals surface area contributed by atoms with Crippen LogP contribution in [0.2, 0.25) is 0 Å². The van der Waals surface area contributed by atoms with Gasteiger partial charge >= 0.3 is 0 Å². The summed E-state index contributed by atoms with van der Waals surface area (Å²) in [4.78, 5) is 0. The zero-order valence-electron chi connectivity index (χ0n) is 50.3. The Bertz CT molecular complexity index is 2010. The van der Waals surface area contributed by atoms with Gasteiger partial charge in [-0.05, 0) is 140 Å². The summed E-state index contributed by atoms with van der Waals surface area (Å²) in [6, 6.07) is 20.3. The molecule has 0 aliphatic rings. The zero-order valence-corrected chi connectivity index (χ0v) is 52.1. The van der Waals surface area contributed by atoms with Gasteiger partial charge in [0.05, 0.1) is 28.4 Å². The monoisotopic (exact) mass is 995 g/mol. The maximum atomic E-state index is 6.46. The van der Waals surface area contributed by atoms with E-state index in [4.69, 9.17) is 18.9 Å². The Hall–Kier alpha value is -3.06. The van der Waals surface area contributed by atoms with Crippen LogP contribution in [0.3, 0.4) is 0 Å². The topological polar surface area (TPSA) is 36.9 Å². The average molecular weight is 995 g/mol. The van der Waals surface area contributed by atoms with Crippen molar-refractivity contribution < 1.29 is 18.9 Å². The predicted molar refractivity (Wildman–Crippen MR) is 313 cm³/mol. The van der Waals surface area contributed by atoms with Crippen LogP contribution in [0.25, 0.3) is 0 Å². The molecule has 0 aliphatic heterocycles. The number of hydrogen-bond acceptors (Lipinski definition) is 4. The molecule has 4 rings (SSSR count). The van der Waals surface area contributed by atoms with Crippen LogP contribution in [-0.2, 0) is 43.3 Å². The van der Waals surface area contributed by atoms with Crippen LogP contribution >= 0.6 is 15.8 Å². The number of hydrogen-bond donors (Lipinski definition) is 0. The molecule has 0 N–H and O–H groups in total. The first-order valence-electron chi connectivity index (χ1n) is 26.0. The van der Waals surface area contributed by atoms with E-state index < -0.39 is 15.8 Å². The molecule has 0 saturated heterocycles. The van der Waals surface area contributed by atoms with Gasteiger partial charge in [0.1, 0.15) is 23.0 Å². The van der Waals surface area contributed by atoms with Crippen molar-refractivity contribution >= 4 is 37.1 Å². The summed E-state index contributed by atoms with van der Waals surface area (Å²) in [6.45, 7) is 61.3. The molecule has 6 heteroatoms. The Labute approximate surface area is 433 Å². The van der Waals surface area contributed by atoms with Crippen LogP contribution in [0.4, 0.5) is 0 Å². The fraction of sp³-hybridized carbons (Fsp3) is 0.625. The molecule has 70 heavy (non-hydrogen) atoms. The van der Waals surface area contributed by atoms with Gasteiger partial charge in [0.15, 0.2) is 0 Å². The van der Waals surface area contributed by atoms with Crippen LogP contribution in [0.5, 0.6) is 23.0 Å². The first-order valence-corrected chi connectivity index (χ1v) is 28.8. The van der Waals surface area contributed by atoms with Gasteiger partial charge in [-0.25, -0.2) is 0 Å². The Morgan fingerprint density at radius 3 is 0.457 bits per heavy atom. The maximum Gasteiger partial charge on any atom is 0.126 e. The third kappa shape index (κ3) is 12.6. The Kier molecular flexibility index (Phi) is 17.3. The van der Waals surface area contributed by atoms with Gasteiger partial charge in [-0.15, -0.1) is 0 Å². The van der Waals surface area contributed by atoms with E-state index in [1.54, 1.807) is 0 Å². The lowest BCUT2D eigenvalue weighted by atomic mass is 9.79. The lowest BCUT2D eigenvalue weighted by Gasteiger charge is -2.40. The van der Waals surface area contributed by atoms with E-state index in [-0.39, 0.29) is 54.6 Å². The Morgan fingerprint density at radius 2 is 0.371 bits per heavy atom. The van der Waals surface area contributed by atoms with Crippen molar-refractivity contribution in [3.63, 3.8) is 0 Å². The highest BCUT2D eigenvalue weighted by Crippen LogP contribution is 2.56. The summed E-state index contributed by atoms with van der Waals surface area (Å²) >= 11 is 0. The molecule has 4 aromatic carbocycles. The molecule has 0 unspecified atom stereocenters. The molecule has 0 saturated carbocycles. The second kappa shape index (κ2) is 20.3. The fourth-order valence-electron chi connectivity index (χ4n) is 10.0. The highest BCUT2D eigenvalue weighted by molar-refractivity contribution is 7.77. The van der Waals surface area contributed by atoms with E-state index in [0.717, 1.165) is 23.0 Å². The van der Waals surface area contributed by atoms with Gasteiger partial charge in [0.25, 0.3) is 0 Å². The SMILES string of the molecule is COc1c(C(C)(C)C)cc(P(c2cc(C(C)(C)C)c(OC)c(C(C)(C)C)c2)[C@H](C)[C@@H](C)P(c2cc(C(C)(C)C)c(OC)c(C(C)(C)C)c2)c2cc(C(C)(C)C)c(OC)c(C(C)(C)C)c2)cc1C(C)(C)C. The van der Waals surface area contributed by atoms with Gasteiger partial charge in [-0.3, -0.25) is 0 Å². The Balaban J connectivity index is 2.41. The van der Waals surface area contributed by atoms with Gasteiger partial charge < -0.3 is 18.9 Å². The molecule has 0 radical (unpaired) electrons. The van der Waals surface area contributed by atoms with Crippen LogP contribution < -0.4 is 40.2 Å². The molecule has 0 fully saturated rings. The summed E-state index contributed by atoms with van der Waals surface area (Å²) in [6.07, 6.45) is 0. The molecule has 0 heterocycles. The van der Waals surface area contributed by atoms with Crippen LogP contribution in [-0.4, -0.2) is 39.8 Å². The van der Waals surface area contributed by atoms with E-state index in [9.17, 15) is 0 Å². The molecule has 0 aliphatic carbocycles. The molecule has 0 spiro atoms. The fourth-order valence-corrected chi connectivity index (χ4v) is 16.3. The summed E-state index contributed by atoms with van der Waals surface area (Å²) in [7, 11) is 5.35. The molecule has 0 bridgehead atoms. The van der Waals surface area contributed by atoms with Gasteiger partial charge in [0.2, 0.25) is 0 Å². The molecular formula is C64H100O4P2. The molecule has 4 aromatic rings. The van der Waals surface area contributed by atoms with Crippen molar-refractivity contribution in [2.45, 2.75) is 235 Å². The quantitative estimate of drug-likeness (QED) is 0.140. The summed E-state index contributed by atoms with van der Waals surface area (Å²) in [5.41, 5.74) is 9.16. The van der Waals surface area contributed by atoms with E-state index in [1.165, 1.54) is 65.7 Å². The minimum atomic E-state index is -1.04. The van der Waals surface area contributed by atoms with Gasteiger partial charge in [-0.1, -0.05) is 180 Å². The van der Waals surface area contributed by atoms with Crippen molar-refractivity contribution in [2.24, 2.45) is 0 Å². The maximum absolute atomic E-state index is 6.46. The van der Waals surface area contributed by atoms with Crippen molar-refractivity contribution in [1.29, 1.82) is 0 Å². The van der Waals surface area contributed by atoms with Crippen molar-refractivity contribution in [1.82, 2.24) is 0 Å². The standard InChI is InChI=1S/C64H100O4P2/c1-39(69(41-31-45(57(3,4)5)53(65-27)46(32-41)58(6,7)8)42-33-47(59(9,10)11)54(66-28)48(34-42)60(12,13)14)40(2)70(43-35-49(61(15,16)17)55(67-29)50(36-43)62(18,19)20)44-37-51(63(21,22)23)56(68-30)52(38-44)64(24,25)26/h31-40H,1-30H3/t39-,40-/m1/s1. The summed E-state index contributed by atoms with van der Waals surface area (Å²) < 4.78 is 25.8. The van der Waals surface area contributed by atoms with Gasteiger partial charge in [-0.2, -0.15) is 0 Å². The highest BCUT2D eigenvalue weighted by atomic mass is 31.1. The second-order valence-electron chi connectivity index (χ2n) is 28.5. The van der Waals surface area contributed by atoms with Crippen molar-refractivity contribution in [3.05, 3.63) is 93.0 Å². The highest BCUT2D eigenvalue weighted by Gasteiger charge is 2.40. The number of methoxy groups -OCH3 is 4. The first kappa shape index (κ1) is 59.5. The van der Waals surface area contributed by atoms with Crippen molar-refractivity contribution in [2.75, 3.05) is 28.4 Å². The second-order valence-corrected chi connectivity index (χ2v) is 33.7. The molecular weight excluding hydrogens is 895 g/mol. The largest absolute Gasteiger partial charge is 0.496 e. The lowest BCUT2D eigenvalue weighted by molar-refractivity contribution is 0.381. The van der Waals surface area contributed by atoms with Crippen LogP contribution in [0.15, 0.2) is 48.5 Å². The van der Waals surface area contributed by atoms with Crippen molar-refractivity contribution in [3.8, 4) is 23.0 Å². The molecule has 0 amide bonds. The van der Waals surface area contributed by atoms with E-state index in [1.807, 2.05) is 28.4 Å². The van der Waals surface area contributed by atoms with Crippen LogP contribution in [0.1, 0.15) is 225 Å².